The Morgan fingerprint density at radius 3 is 2.85 bits per heavy atom. The van der Waals surface area contributed by atoms with Crippen LogP contribution < -0.4 is 0 Å². The average Bonchev–Trinajstić information content (AvgIpc) is 2.90. The molecule has 1 heterocycles. The van der Waals surface area contributed by atoms with Gasteiger partial charge in [0.2, 0.25) is 11.7 Å². The number of aliphatic hydroxyl groups is 1. The SMILES string of the molecule is OC1CCCCC1Cc1nc(-c2ccccc2Cl)no1. The number of nitrogens with zero attached hydrogens (tertiary/aromatic N) is 2. The van der Waals surface area contributed by atoms with Crippen LogP contribution in [0.2, 0.25) is 5.02 Å². The summed E-state index contributed by atoms with van der Waals surface area (Å²) in [6.07, 6.45) is 4.54. The maximum Gasteiger partial charge on any atom is 0.227 e. The fraction of sp³-hybridized carbons (Fsp3) is 0.467. The van der Waals surface area contributed by atoms with Crippen LogP contribution in [0, 0.1) is 5.92 Å². The van der Waals surface area contributed by atoms with E-state index in [-0.39, 0.29) is 12.0 Å². The molecule has 1 aromatic carbocycles. The Kier molecular flexibility index (Phi) is 4.03. The van der Waals surface area contributed by atoms with Gasteiger partial charge in [0.15, 0.2) is 0 Å². The molecule has 0 saturated heterocycles. The van der Waals surface area contributed by atoms with E-state index in [4.69, 9.17) is 16.1 Å². The number of halogens is 1. The van der Waals surface area contributed by atoms with Crippen LogP contribution in [0.15, 0.2) is 28.8 Å². The van der Waals surface area contributed by atoms with E-state index in [9.17, 15) is 5.11 Å². The van der Waals surface area contributed by atoms with Gasteiger partial charge < -0.3 is 9.63 Å². The highest BCUT2D eigenvalue weighted by Crippen LogP contribution is 2.29. The summed E-state index contributed by atoms with van der Waals surface area (Å²) in [4.78, 5) is 4.40. The Morgan fingerprint density at radius 1 is 1.25 bits per heavy atom. The van der Waals surface area contributed by atoms with E-state index in [1.54, 1.807) is 6.07 Å². The van der Waals surface area contributed by atoms with Crippen molar-refractivity contribution in [3.63, 3.8) is 0 Å². The monoisotopic (exact) mass is 292 g/mol. The first-order valence-electron chi connectivity index (χ1n) is 6.99. The first-order chi connectivity index (χ1) is 9.74. The van der Waals surface area contributed by atoms with Crippen LogP contribution in [0.25, 0.3) is 11.4 Å². The number of rotatable bonds is 3. The molecule has 0 aliphatic heterocycles. The summed E-state index contributed by atoms with van der Waals surface area (Å²) in [5.74, 6) is 1.31. The summed E-state index contributed by atoms with van der Waals surface area (Å²) in [5.41, 5.74) is 0.772. The minimum absolute atomic E-state index is 0.225. The van der Waals surface area contributed by atoms with E-state index in [1.807, 2.05) is 18.2 Å². The van der Waals surface area contributed by atoms with Gasteiger partial charge in [0, 0.05) is 12.0 Å². The standard InChI is InChI=1S/C15H17ClN2O2/c16-12-7-3-2-6-11(12)15-17-14(20-18-15)9-10-5-1-4-8-13(10)19/h2-3,6-7,10,13,19H,1,4-5,8-9H2. The molecular formula is C15H17ClN2O2. The van der Waals surface area contributed by atoms with Crippen LogP contribution in [0.1, 0.15) is 31.6 Å². The maximum atomic E-state index is 9.99. The molecule has 1 aliphatic rings. The van der Waals surface area contributed by atoms with Gasteiger partial charge in [-0.3, -0.25) is 0 Å². The van der Waals surface area contributed by atoms with E-state index < -0.39 is 0 Å². The summed E-state index contributed by atoms with van der Waals surface area (Å²) in [5, 5.41) is 14.6. The molecule has 0 radical (unpaired) electrons. The first kappa shape index (κ1) is 13.6. The minimum Gasteiger partial charge on any atom is -0.393 e. The molecule has 4 nitrogen and oxygen atoms in total. The molecule has 0 amide bonds. The van der Waals surface area contributed by atoms with Gasteiger partial charge in [-0.25, -0.2) is 0 Å². The van der Waals surface area contributed by atoms with Gasteiger partial charge >= 0.3 is 0 Å². The fourth-order valence-corrected chi connectivity index (χ4v) is 2.96. The van der Waals surface area contributed by atoms with Crippen LogP contribution >= 0.6 is 11.6 Å². The van der Waals surface area contributed by atoms with E-state index in [0.717, 1.165) is 31.2 Å². The molecule has 1 aliphatic carbocycles. The van der Waals surface area contributed by atoms with Gasteiger partial charge in [-0.1, -0.05) is 41.7 Å². The molecular weight excluding hydrogens is 276 g/mol. The van der Waals surface area contributed by atoms with Crippen molar-refractivity contribution in [2.45, 2.75) is 38.2 Å². The highest BCUT2D eigenvalue weighted by Gasteiger charge is 2.25. The van der Waals surface area contributed by atoms with Crippen LogP contribution in [0.4, 0.5) is 0 Å². The molecule has 1 aromatic heterocycles. The third-order valence-electron chi connectivity index (χ3n) is 3.89. The predicted molar refractivity (Wildman–Crippen MR) is 76.4 cm³/mol. The summed E-state index contributed by atoms with van der Waals surface area (Å²) < 4.78 is 5.29. The Labute approximate surface area is 122 Å². The molecule has 5 heteroatoms. The zero-order valence-corrected chi connectivity index (χ0v) is 11.9. The zero-order chi connectivity index (χ0) is 13.9. The van der Waals surface area contributed by atoms with Crippen LogP contribution in [0.5, 0.6) is 0 Å². The van der Waals surface area contributed by atoms with E-state index in [1.165, 1.54) is 0 Å². The molecule has 1 fully saturated rings. The molecule has 3 rings (SSSR count). The topological polar surface area (TPSA) is 59.2 Å². The third kappa shape index (κ3) is 2.86. The van der Waals surface area contributed by atoms with Gasteiger partial charge in [-0.15, -0.1) is 0 Å². The van der Waals surface area contributed by atoms with Crippen LogP contribution in [-0.4, -0.2) is 21.4 Å². The molecule has 0 bridgehead atoms. The number of aromatic nitrogens is 2. The molecule has 1 N–H and O–H groups in total. The van der Waals surface area contributed by atoms with Gasteiger partial charge in [0.1, 0.15) is 0 Å². The average molecular weight is 293 g/mol. The Hall–Kier alpha value is -1.39. The summed E-state index contributed by atoms with van der Waals surface area (Å²) >= 11 is 6.12. The molecule has 2 aromatic rings. The van der Waals surface area contributed by atoms with Gasteiger partial charge in [0.05, 0.1) is 11.1 Å². The van der Waals surface area contributed by atoms with Gasteiger partial charge in [-0.2, -0.15) is 4.98 Å². The summed E-state index contributed by atoms with van der Waals surface area (Å²) in [6, 6.07) is 7.43. The van der Waals surface area contributed by atoms with Crippen molar-refractivity contribution in [2.75, 3.05) is 0 Å². The van der Waals surface area contributed by atoms with Crippen molar-refractivity contribution in [3.05, 3.63) is 35.2 Å². The third-order valence-corrected chi connectivity index (χ3v) is 4.22. The lowest BCUT2D eigenvalue weighted by atomic mass is 9.84. The zero-order valence-electron chi connectivity index (χ0n) is 11.1. The normalized spacial score (nSPS) is 22.9. The highest BCUT2D eigenvalue weighted by atomic mass is 35.5. The highest BCUT2D eigenvalue weighted by molar-refractivity contribution is 6.33. The molecule has 20 heavy (non-hydrogen) atoms. The Balaban J connectivity index is 1.75. The number of benzene rings is 1. The second-order valence-electron chi connectivity index (χ2n) is 5.31. The fourth-order valence-electron chi connectivity index (χ4n) is 2.74. The smallest absolute Gasteiger partial charge is 0.227 e. The lowest BCUT2D eigenvalue weighted by molar-refractivity contribution is 0.0657. The van der Waals surface area contributed by atoms with E-state index in [2.05, 4.69) is 10.1 Å². The van der Waals surface area contributed by atoms with E-state index in [0.29, 0.717) is 23.2 Å². The van der Waals surface area contributed by atoms with Gasteiger partial charge in [-0.05, 0) is 30.9 Å². The first-order valence-corrected chi connectivity index (χ1v) is 7.37. The summed E-state index contributed by atoms with van der Waals surface area (Å²) in [6.45, 7) is 0. The van der Waals surface area contributed by atoms with Crippen LogP contribution in [0.3, 0.4) is 0 Å². The molecule has 1 saturated carbocycles. The second-order valence-corrected chi connectivity index (χ2v) is 5.71. The number of hydrogen-bond donors (Lipinski definition) is 1. The van der Waals surface area contributed by atoms with Crippen molar-refractivity contribution in [1.82, 2.24) is 10.1 Å². The van der Waals surface area contributed by atoms with Crippen molar-refractivity contribution < 1.29 is 9.63 Å². The lowest BCUT2D eigenvalue weighted by Crippen LogP contribution is -2.26. The van der Waals surface area contributed by atoms with Gasteiger partial charge in [0.25, 0.3) is 0 Å². The second kappa shape index (κ2) is 5.94. The van der Waals surface area contributed by atoms with Crippen molar-refractivity contribution in [2.24, 2.45) is 5.92 Å². The quantitative estimate of drug-likeness (QED) is 0.941. The molecule has 106 valence electrons. The van der Waals surface area contributed by atoms with E-state index >= 15 is 0 Å². The minimum atomic E-state index is -0.251. The van der Waals surface area contributed by atoms with Crippen LogP contribution in [-0.2, 0) is 6.42 Å². The Bertz CT molecular complexity index is 585. The lowest BCUT2D eigenvalue weighted by Gasteiger charge is -2.26. The molecule has 2 unspecified atom stereocenters. The van der Waals surface area contributed by atoms with Crippen molar-refractivity contribution in [1.29, 1.82) is 0 Å². The molecule has 2 atom stereocenters. The number of aliphatic hydroxyl groups excluding tert-OH is 1. The predicted octanol–water partition coefficient (Wildman–Crippen LogP) is 3.48. The molecule has 0 spiro atoms. The van der Waals surface area contributed by atoms with Crippen molar-refractivity contribution in [3.8, 4) is 11.4 Å². The maximum absolute atomic E-state index is 9.99. The van der Waals surface area contributed by atoms with Crippen molar-refractivity contribution >= 4 is 11.6 Å². The largest absolute Gasteiger partial charge is 0.393 e. The Morgan fingerprint density at radius 2 is 2.05 bits per heavy atom. The summed E-state index contributed by atoms with van der Waals surface area (Å²) in [7, 11) is 0. The number of hydrogen-bond acceptors (Lipinski definition) is 4.